The van der Waals surface area contributed by atoms with Crippen LogP contribution < -0.4 is 16.6 Å². The summed E-state index contributed by atoms with van der Waals surface area (Å²) >= 11 is 6.09. The van der Waals surface area contributed by atoms with Crippen molar-refractivity contribution in [2.24, 2.45) is 7.05 Å². The van der Waals surface area contributed by atoms with Crippen LogP contribution in [-0.2, 0) is 13.6 Å². The number of nitrogens with one attached hydrogen (secondary N) is 2. The van der Waals surface area contributed by atoms with Crippen LogP contribution in [0.2, 0.25) is 5.02 Å². The minimum atomic E-state index is -0.475. The Balaban J connectivity index is 1.76. The molecule has 0 amide bonds. The minimum absolute atomic E-state index is 0.374. The molecule has 0 radical (unpaired) electrons. The topological polar surface area (TPSA) is 89.1 Å². The zero-order chi connectivity index (χ0) is 20.2. The molecule has 4 rings (SSSR count). The number of aromatic amines is 1. The third kappa shape index (κ3) is 2.72. The van der Waals surface area contributed by atoms with E-state index in [1.807, 2.05) is 47.9 Å². The third-order valence-corrected chi connectivity index (χ3v) is 5.49. The molecule has 0 saturated carbocycles. The second-order valence-electron chi connectivity index (χ2n) is 6.95. The number of halogens is 1. The average molecular weight is 401 g/mol. The molecule has 28 heavy (non-hydrogen) atoms. The van der Waals surface area contributed by atoms with Crippen LogP contribution in [0.15, 0.2) is 27.8 Å². The molecule has 0 atom stereocenters. The van der Waals surface area contributed by atoms with Crippen molar-refractivity contribution in [3.63, 3.8) is 0 Å². The van der Waals surface area contributed by atoms with Crippen LogP contribution >= 0.6 is 11.6 Å². The molecule has 0 spiro atoms. The number of nitrogens with zero attached hydrogens (tertiary/aromatic N) is 4. The highest BCUT2D eigenvalue weighted by Crippen LogP contribution is 2.22. The van der Waals surface area contributed by atoms with Gasteiger partial charge in [0.2, 0.25) is 5.78 Å². The van der Waals surface area contributed by atoms with Crippen LogP contribution in [0.4, 0.5) is 5.69 Å². The van der Waals surface area contributed by atoms with Crippen LogP contribution in [0.1, 0.15) is 17.0 Å². The maximum atomic E-state index is 12.4. The molecule has 9 heteroatoms. The second kappa shape index (κ2) is 6.56. The number of fused-ring (bicyclic) bond motifs is 3. The summed E-state index contributed by atoms with van der Waals surface area (Å²) in [5, 5.41) is 4.09. The number of aryl methyl sites for hydroxylation is 3. The van der Waals surface area contributed by atoms with E-state index in [2.05, 4.69) is 15.3 Å². The summed E-state index contributed by atoms with van der Waals surface area (Å²) in [6, 6.07) is 5.74. The zero-order valence-electron chi connectivity index (χ0n) is 16.1. The van der Waals surface area contributed by atoms with Gasteiger partial charge in [-0.05, 0) is 38.5 Å². The second-order valence-corrected chi connectivity index (χ2v) is 7.38. The number of hydrogen-bond acceptors (Lipinski definition) is 4. The van der Waals surface area contributed by atoms with Gasteiger partial charge >= 0.3 is 5.69 Å². The molecule has 0 bridgehead atoms. The molecule has 0 fully saturated rings. The van der Waals surface area contributed by atoms with Gasteiger partial charge in [-0.2, -0.15) is 4.98 Å². The van der Waals surface area contributed by atoms with Crippen molar-refractivity contribution in [1.29, 1.82) is 0 Å². The highest BCUT2D eigenvalue weighted by Gasteiger charge is 2.20. The Hall–Kier alpha value is -3.00. The fraction of sp³-hybridized carbons (Fsp3) is 0.316. The molecule has 0 unspecified atom stereocenters. The van der Waals surface area contributed by atoms with Gasteiger partial charge in [0.1, 0.15) is 0 Å². The molecular formula is C19H21ClN6O2. The summed E-state index contributed by atoms with van der Waals surface area (Å²) in [6.07, 6.45) is 0. The van der Waals surface area contributed by atoms with Gasteiger partial charge in [0.15, 0.2) is 11.2 Å². The van der Waals surface area contributed by atoms with Crippen molar-refractivity contribution in [1.82, 2.24) is 23.5 Å². The molecule has 4 aromatic rings. The van der Waals surface area contributed by atoms with E-state index < -0.39 is 11.2 Å². The highest BCUT2D eigenvalue weighted by atomic mass is 35.5. The van der Waals surface area contributed by atoms with E-state index in [1.54, 1.807) is 7.05 Å². The molecule has 2 N–H and O–H groups in total. The first-order valence-corrected chi connectivity index (χ1v) is 9.34. The summed E-state index contributed by atoms with van der Waals surface area (Å²) < 4.78 is 5.22. The lowest BCUT2D eigenvalue weighted by Crippen LogP contribution is -2.28. The number of H-pyrrole nitrogens is 1. The fourth-order valence-electron chi connectivity index (χ4n) is 3.53. The van der Waals surface area contributed by atoms with E-state index in [0.29, 0.717) is 35.1 Å². The van der Waals surface area contributed by atoms with Crippen molar-refractivity contribution >= 4 is 34.2 Å². The number of anilines is 1. The first kappa shape index (κ1) is 18.4. The van der Waals surface area contributed by atoms with Crippen molar-refractivity contribution in [3.8, 4) is 0 Å². The van der Waals surface area contributed by atoms with Gasteiger partial charge in [-0.25, -0.2) is 4.79 Å². The number of hydrogen-bond donors (Lipinski definition) is 2. The number of rotatable bonds is 4. The molecule has 146 valence electrons. The monoisotopic (exact) mass is 400 g/mol. The van der Waals surface area contributed by atoms with Crippen LogP contribution in [0, 0.1) is 20.8 Å². The van der Waals surface area contributed by atoms with Gasteiger partial charge in [-0.15, -0.1) is 0 Å². The summed E-state index contributed by atoms with van der Waals surface area (Å²) in [4.78, 5) is 31.3. The van der Waals surface area contributed by atoms with Crippen LogP contribution in [0.3, 0.4) is 0 Å². The molecule has 0 aliphatic carbocycles. The number of aromatic nitrogens is 5. The Kier molecular flexibility index (Phi) is 4.30. The quantitative estimate of drug-likeness (QED) is 0.550. The van der Waals surface area contributed by atoms with Crippen LogP contribution in [0.5, 0.6) is 0 Å². The normalized spacial score (nSPS) is 11.6. The minimum Gasteiger partial charge on any atom is -0.383 e. The summed E-state index contributed by atoms with van der Waals surface area (Å²) in [6.45, 7) is 7.26. The molecule has 0 saturated heterocycles. The first-order valence-electron chi connectivity index (χ1n) is 8.96. The lowest BCUT2D eigenvalue weighted by Gasteiger charge is -2.11. The van der Waals surface area contributed by atoms with Crippen molar-refractivity contribution in [3.05, 3.63) is 61.0 Å². The summed E-state index contributed by atoms with van der Waals surface area (Å²) in [7, 11) is 1.60. The predicted octanol–water partition coefficient (Wildman–Crippen LogP) is 2.37. The number of imidazole rings is 2. The van der Waals surface area contributed by atoms with Gasteiger partial charge in [0.05, 0.1) is 0 Å². The third-order valence-electron chi connectivity index (χ3n) is 5.25. The van der Waals surface area contributed by atoms with Gasteiger partial charge in [-0.1, -0.05) is 17.7 Å². The molecule has 8 nitrogen and oxygen atoms in total. The van der Waals surface area contributed by atoms with Crippen LogP contribution in [0.25, 0.3) is 16.9 Å². The lowest BCUT2D eigenvalue weighted by molar-refractivity contribution is 0.722. The molecule has 3 aromatic heterocycles. The summed E-state index contributed by atoms with van der Waals surface area (Å²) in [5.74, 6) is 0.640. The maximum absolute atomic E-state index is 12.4. The molecule has 0 aliphatic rings. The summed E-state index contributed by atoms with van der Waals surface area (Å²) in [5.41, 5.74) is 3.88. The standard InChI is InChI=1S/C19H21ClN6O2/c1-10-5-6-13(20)9-14(10)21-7-8-25-11(2)12(3)26-15-16(22-18(25)26)24(4)19(28)23-17(15)27/h5-6,9,21H,7-8H2,1-4H3,(H,23,27,28). The Morgan fingerprint density at radius 3 is 2.68 bits per heavy atom. The smallest absolute Gasteiger partial charge is 0.329 e. The Labute approximate surface area is 165 Å². The van der Waals surface area contributed by atoms with E-state index in [1.165, 1.54) is 4.57 Å². The Morgan fingerprint density at radius 2 is 1.93 bits per heavy atom. The predicted molar refractivity (Wildman–Crippen MR) is 111 cm³/mol. The van der Waals surface area contributed by atoms with Crippen LogP contribution in [-0.4, -0.2) is 30.0 Å². The van der Waals surface area contributed by atoms with E-state index in [0.717, 1.165) is 22.6 Å². The molecule has 1 aromatic carbocycles. The van der Waals surface area contributed by atoms with Crippen molar-refractivity contribution < 1.29 is 0 Å². The highest BCUT2D eigenvalue weighted by molar-refractivity contribution is 6.30. The van der Waals surface area contributed by atoms with Crippen molar-refractivity contribution in [2.75, 3.05) is 11.9 Å². The van der Waals surface area contributed by atoms with E-state index in [-0.39, 0.29) is 0 Å². The first-order chi connectivity index (χ1) is 13.3. The maximum Gasteiger partial charge on any atom is 0.329 e. The Morgan fingerprint density at radius 1 is 1.18 bits per heavy atom. The Bertz CT molecular complexity index is 1340. The SMILES string of the molecule is Cc1ccc(Cl)cc1NCCn1c(C)c(C)n2c3c(=O)[nH]c(=O)n(C)c3nc12. The van der Waals surface area contributed by atoms with E-state index in [4.69, 9.17) is 11.6 Å². The largest absolute Gasteiger partial charge is 0.383 e. The van der Waals surface area contributed by atoms with Gasteiger partial charge in [-0.3, -0.25) is 18.7 Å². The molecular weight excluding hydrogens is 380 g/mol. The number of benzene rings is 1. The van der Waals surface area contributed by atoms with Gasteiger partial charge in [0, 0.05) is 42.2 Å². The molecule has 3 heterocycles. The van der Waals surface area contributed by atoms with Gasteiger partial charge in [0.25, 0.3) is 5.56 Å². The average Bonchev–Trinajstić information content (AvgIpc) is 3.14. The van der Waals surface area contributed by atoms with E-state index >= 15 is 0 Å². The fourth-order valence-corrected chi connectivity index (χ4v) is 3.70. The van der Waals surface area contributed by atoms with E-state index in [9.17, 15) is 9.59 Å². The molecule has 0 aliphatic heterocycles. The van der Waals surface area contributed by atoms with Crippen molar-refractivity contribution in [2.45, 2.75) is 27.3 Å². The lowest BCUT2D eigenvalue weighted by atomic mass is 10.2. The van der Waals surface area contributed by atoms with Gasteiger partial charge < -0.3 is 9.88 Å². The zero-order valence-corrected chi connectivity index (χ0v) is 16.9.